The van der Waals surface area contributed by atoms with Crippen LogP contribution in [0.1, 0.15) is 15.9 Å². The van der Waals surface area contributed by atoms with Crippen LogP contribution in [-0.2, 0) is 9.59 Å². The number of ether oxygens (including phenoxy) is 2. The molecule has 6 rings (SSSR count). The van der Waals surface area contributed by atoms with Gasteiger partial charge in [0.1, 0.15) is 16.4 Å². The highest BCUT2D eigenvalue weighted by Gasteiger charge is 2.40. The van der Waals surface area contributed by atoms with E-state index in [-0.39, 0.29) is 23.3 Å². The van der Waals surface area contributed by atoms with Gasteiger partial charge in [-0.2, -0.15) is 0 Å². The average molecular weight is 568 g/mol. The third kappa shape index (κ3) is 5.37. The van der Waals surface area contributed by atoms with Crippen LogP contribution in [0.4, 0.5) is 21.5 Å². The van der Waals surface area contributed by atoms with E-state index in [2.05, 4.69) is 10.6 Å². The molecule has 0 unspecified atom stereocenters. The molecule has 0 radical (unpaired) electrons. The molecule has 2 aliphatic heterocycles. The second kappa shape index (κ2) is 10.8. The lowest BCUT2D eigenvalue weighted by atomic mass is 10.2. The molecule has 0 fully saturated rings. The Kier molecular flexibility index (Phi) is 6.90. The standard InChI is InChI=1S/C31H22FN3O5S/c1-18-2-11-23(12-3-18)35-30(37)27(33-21-7-5-20(32)6-8-21)28(31(35)38)41-24-13-9-22(10-14-24)34-29(36)19-4-15-25-26(16-19)40-17-39-25/h2-16,33H,17H2,1H3,(H,34,36). The van der Waals surface area contributed by atoms with Crippen LogP contribution in [0.25, 0.3) is 0 Å². The number of nitrogens with zero attached hydrogens (tertiary/aromatic N) is 1. The number of hydrogen-bond donors (Lipinski definition) is 2. The van der Waals surface area contributed by atoms with Crippen molar-refractivity contribution >= 4 is 46.5 Å². The minimum Gasteiger partial charge on any atom is -0.454 e. The monoisotopic (exact) mass is 567 g/mol. The summed E-state index contributed by atoms with van der Waals surface area (Å²) in [5.41, 5.74) is 2.96. The molecule has 10 heteroatoms. The SMILES string of the molecule is Cc1ccc(N2C(=O)C(Nc3ccc(F)cc3)=C(Sc3ccc(NC(=O)c4ccc5c(c4)OCO5)cc3)C2=O)cc1. The lowest BCUT2D eigenvalue weighted by molar-refractivity contribution is -0.120. The Morgan fingerprint density at radius 3 is 2.24 bits per heavy atom. The van der Waals surface area contributed by atoms with Gasteiger partial charge in [-0.25, -0.2) is 9.29 Å². The van der Waals surface area contributed by atoms with Crippen molar-refractivity contribution in [3.63, 3.8) is 0 Å². The third-order valence-electron chi connectivity index (χ3n) is 6.41. The Hall–Kier alpha value is -5.09. The van der Waals surface area contributed by atoms with Gasteiger partial charge in [-0.05, 0) is 85.8 Å². The predicted octanol–water partition coefficient (Wildman–Crippen LogP) is 6.10. The second-order valence-electron chi connectivity index (χ2n) is 9.27. The summed E-state index contributed by atoms with van der Waals surface area (Å²) in [6.45, 7) is 2.04. The van der Waals surface area contributed by atoms with Crippen molar-refractivity contribution in [1.82, 2.24) is 0 Å². The number of carbonyl (C=O) groups is 3. The molecule has 0 atom stereocenters. The molecular formula is C31H22FN3O5S. The Morgan fingerprint density at radius 1 is 0.829 bits per heavy atom. The van der Waals surface area contributed by atoms with Crippen molar-refractivity contribution in [1.29, 1.82) is 0 Å². The molecule has 2 aliphatic rings. The van der Waals surface area contributed by atoms with Crippen LogP contribution < -0.4 is 25.0 Å². The highest BCUT2D eigenvalue weighted by molar-refractivity contribution is 8.04. The highest BCUT2D eigenvalue weighted by Crippen LogP contribution is 2.38. The van der Waals surface area contributed by atoms with Crippen LogP contribution in [0.2, 0.25) is 0 Å². The number of fused-ring (bicyclic) bond motifs is 1. The Labute approximate surface area is 238 Å². The van der Waals surface area contributed by atoms with E-state index in [1.54, 1.807) is 54.6 Å². The summed E-state index contributed by atoms with van der Waals surface area (Å²) in [4.78, 5) is 41.8. The minimum atomic E-state index is -0.515. The molecule has 8 nitrogen and oxygen atoms in total. The smallest absolute Gasteiger partial charge is 0.283 e. The van der Waals surface area contributed by atoms with Gasteiger partial charge < -0.3 is 20.1 Å². The van der Waals surface area contributed by atoms with E-state index in [4.69, 9.17) is 9.47 Å². The van der Waals surface area contributed by atoms with Crippen molar-refractivity contribution in [3.8, 4) is 11.5 Å². The van der Waals surface area contributed by atoms with E-state index >= 15 is 0 Å². The molecule has 0 aliphatic carbocycles. The van der Waals surface area contributed by atoms with Crippen molar-refractivity contribution in [3.05, 3.63) is 119 Å². The molecule has 2 N–H and O–H groups in total. The van der Waals surface area contributed by atoms with E-state index in [0.717, 1.165) is 22.2 Å². The van der Waals surface area contributed by atoms with Gasteiger partial charge in [0.15, 0.2) is 11.5 Å². The van der Waals surface area contributed by atoms with Gasteiger partial charge in [0, 0.05) is 21.8 Å². The number of hydrogen-bond acceptors (Lipinski definition) is 7. The fourth-order valence-corrected chi connectivity index (χ4v) is 5.21. The number of nitrogens with one attached hydrogen (secondary N) is 2. The Bertz CT molecular complexity index is 1700. The zero-order valence-electron chi connectivity index (χ0n) is 21.6. The maximum absolute atomic E-state index is 13.6. The van der Waals surface area contributed by atoms with E-state index in [0.29, 0.717) is 39.0 Å². The summed E-state index contributed by atoms with van der Waals surface area (Å²) < 4.78 is 24.1. The van der Waals surface area contributed by atoms with E-state index in [1.807, 2.05) is 19.1 Å². The van der Waals surface area contributed by atoms with Gasteiger partial charge in [0.25, 0.3) is 17.7 Å². The van der Waals surface area contributed by atoms with E-state index in [9.17, 15) is 18.8 Å². The number of benzene rings is 4. The highest BCUT2D eigenvalue weighted by atomic mass is 32.2. The molecular weight excluding hydrogens is 545 g/mol. The molecule has 0 saturated carbocycles. The lowest BCUT2D eigenvalue weighted by Gasteiger charge is -2.15. The van der Waals surface area contributed by atoms with Gasteiger partial charge >= 0.3 is 0 Å². The molecule has 4 aromatic rings. The van der Waals surface area contributed by atoms with E-state index < -0.39 is 17.6 Å². The molecule has 2 heterocycles. The third-order valence-corrected chi connectivity index (χ3v) is 7.50. The van der Waals surface area contributed by atoms with Gasteiger partial charge in [-0.3, -0.25) is 14.4 Å². The summed E-state index contributed by atoms with van der Waals surface area (Å²) >= 11 is 1.12. The van der Waals surface area contributed by atoms with Crippen LogP contribution in [0.15, 0.2) is 106 Å². The molecule has 3 amide bonds. The van der Waals surface area contributed by atoms with Gasteiger partial charge in [-0.1, -0.05) is 29.5 Å². The van der Waals surface area contributed by atoms with Crippen molar-refractivity contribution < 1.29 is 28.2 Å². The summed E-state index contributed by atoms with van der Waals surface area (Å²) in [5.74, 6) is -0.626. The molecule has 0 aromatic heterocycles. The summed E-state index contributed by atoms with van der Waals surface area (Å²) in [5, 5.41) is 5.84. The van der Waals surface area contributed by atoms with Crippen LogP contribution in [0.5, 0.6) is 11.5 Å². The molecule has 0 saturated heterocycles. The number of amides is 3. The van der Waals surface area contributed by atoms with Crippen molar-refractivity contribution in [2.24, 2.45) is 0 Å². The first kappa shape index (κ1) is 26.1. The van der Waals surface area contributed by atoms with Gasteiger partial charge in [0.05, 0.1) is 5.69 Å². The quantitative estimate of drug-likeness (QED) is 0.260. The summed E-state index contributed by atoms with van der Waals surface area (Å²) in [6.07, 6.45) is 0. The summed E-state index contributed by atoms with van der Waals surface area (Å²) in [7, 11) is 0. The van der Waals surface area contributed by atoms with Crippen molar-refractivity contribution in [2.75, 3.05) is 22.3 Å². The number of imide groups is 1. The van der Waals surface area contributed by atoms with Crippen LogP contribution >= 0.6 is 11.8 Å². The molecule has 204 valence electrons. The van der Waals surface area contributed by atoms with Crippen LogP contribution in [0.3, 0.4) is 0 Å². The topological polar surface area (TPSA) is 97.0 Å². The zero-order valence-corrected chi connectivity index (χ0v) is 22.5. The van der Waals surface area contributed by atoms with Crippen molar-refractivity contribution in [2.45, 2.75) is 11.8 Å². The normalized spacial score (nSPS) is 14.0. The largest absolute Gasteiger partial charge is 0.454 e. The second-order valence-corrected chi connectivity index (χ2v) is 10.3. The lowest BCUT2D eigenvalue weighted by Crippen LogP contribution is -2.32. The number of carbonyl (C=O) groups excluding carboxylic acids is 3. The number of thioether (sulfide) groups is 1. The number of aryl methyl sites for hydroxylation is 1. The molecule has 4 aromatic carbocycles. The zero-order chi connectivity index (χ0) is 28.5. The Balaban J connectivity index is 1.23. The van der Waals surface area contributed by atoms with Gasteiger partial charge in [-0.15, -0.1) is 0 Å². The van der Waals surface area contributed by atoms with Crippen LogP contribution in [-0.4, -0.2) is 24.5 Å². The number of rotatable bonds is 7. The first-order valence-electron chi connectivity index (χ1n) is 12.6. The maximum atomic E-state index is 13.6. The Morgan fingerprint density at radius 2 is 1.51 bits per heavy atom. The van der Waals surface area contributed by atoms with Gasteiger partial charge in [0.2, 0.25) is 6.79 Å². The van der Waals surface area contributed by atoms with Crippen LogP contribution in [0, 0.1) is 12.7 Å². The first-order valence-corrected chi connectivity index (χ1v) is 13.4. The minimum absolute atomic E-state index is 0.0902. The van der Waals surface area contributed by atoms with E-state index in [1.165, 1.54) is 24.3 Å². The number of anilines is 3. The fourth-order valence-electron chi connectivity index (χ4n) is 4.29. The molecule has 0 spiro atoms. The molecule has 0 bridgehead atoms. The average Bonchev–Trinajstić information content (AvgIpc) is 3.54. The maximum Gasteiger partial charge on any atom is 0.283 e. The predicted molar refractivity (Wildman–Crippen MR) is 154 cm³/mol. The number of halogens is 1. The summed E-state index contributed by atoms with van der Waals surface area (Å²) in [6, 6.07) is 24.5. The fraction of sp³-hybridized carbons (Fsp3) is 0.0645. The first-order chi connectivity index (χ1) is 19.9. The molecule has 41 heavy (non-hydrogen) atoms.